The van der Waals surface area contributed by atoms with Crippen molar-refractivity contribution in [1.82, 2.24) is 4.98 Å². The monoisotopic (exact) mass is 467 g/mol. The standard InChI is InChI=1S/C22H18F5N3O3/c1-2-10-9-21(30-33,22(25,26)27)19(13-8-14(23)17(24)18(31)16(10)13)29-15-5-3-4-12-11(15)6-7-28-20(12)32/h3-8,10,19,29,31H,2,9H2,1H3,(H,28,32)/t10-,19?,21-/m1/s1. The maximum Gasteiger partial charge on any atom is 0.419 e. The van der Waals surface area contributed by atoms with Crippen LogP contribution in [0, 0.1) is 16.5 Å². The van der Waals surface area contributed by atoms with Crippen molar-refractivity contribution in [2.75, 3.05) is 5.32 Å². The maximum absolute atomic E-state index is 14.4. The van der Waals surface area contributed by atoms with Crippen molar-refractivity contribution in [3.63, 3.8) is 0 Å². The summed E-state index contributed by atoms with van der Waals surface area (Å²) in [6.07, 6.45) is -4.74. The fraction of sp³-hybridized carbons (Fsp3) is 0.318. The molecule has 1 aliphatic rings. The van der Waals surface area contributed by atoms with Crippen LogP contribution in [0.3, 0.4) is 0 Å². The average molecular weight is 467 g/mol. The zero-order chi connectivity index (χ0) is 24.1. The number of aromatic hydroxyl groups is 1. The number of benzene rings is 2. The first kappa shape index (κ1) is 22.7. The first-order chi connectivity index (χ1) is 15.6. The Bertz CT molecular complexity index is 1310. The molecule has 4 rings (SSSR count). The number of halogens is 5. The van der Waals surface area contributed by atoms with Crippen molar-refractivity contribution >= 4 is 16.5 Å². The van der Waals surface area contributed by atoms with Gasteiger partial charge in [0, 0.05) is 28.2 Å². The van der Waals surface area contributed by atoms with Gasteiger partial charge in [0.05, 0.1) is 6.04 Å². The van der Waals surface area contributed by atoms with Crippen molar-refractivity contribution in [1.29, 1.82) is 0 Å². The summed E-state index contributed by atoms with van der Waals surface area (Å²) >= 11 is 0. The molecule has 3 aromatic rings. The van der Waals surface area contributed by atoms with Crippen LogP contribution in [0.25, 0.3) is 10.8 Å². The molecule has 0 spiro atoms. The molecule has 0 saturated carbocycles. The van der Waals surface area contributed by atoms with Crippen LogP contribution in [-0.2, 0) is 0 Å². The third kappa shape index (κ3) is 3.33. The molecule has 3 N–H and O–H groups in total. The predicted octanol–water partition coefficient (Wildman–Crippen LogP) is 5.63. The van der Waals surface area contributed by atoms with E-state index in [0.29, 0.717) is 6.07 Å². The van der Waals surface area contributed by atoms with E-state index in [-0.39, 0.29) is 28.4 Å². The normalized spacial score (nSPS) is 22.7. The van der Waals surface area contributed by atoms with Gasteiger partial charge in [0.1, 0.15) is 0 Å². The quantitative estimate of drug-likeness (QED) is 0.342. The lowest BCUT2D eigenvalue weighted by Crippen LogP contribution is -2.54. The molecular weight excluding hydrogens is 449 g/mol. The number of hydrogen-bond acceptors (Lipinski definition) is 5. The number of aromatic amines is 1. The fourth-order valence-electron chi connectivity index (χ4n) is 4.64. The number of phenols is 1. The second-order valence-electron chi connectivity index (χ2n) is 8.00. The molecular formula is C22H18F5N3O3. The highest BCUT2D eigenvalue weighted by Crippen LogP contribution is 2.57. The Morgan fingerprint density at radius 2 is 1.97 bits per heavy atom. The summed E-state index contributed by atoms with van der Waals surface area (Å²) in [7, 11) is 0. The van der Waals surface area contributed by atoms with Gasteiger partial charge in [0.15, 0.2) is 11.6 Å². The largest absolute Gasteiger partial charge is 0.505 e. The lowest BCUT2D eigenvalue weighted by atomic mass is 9.67. The Balaban J connectivity index is 2.02. The molecule has 0 radical (unpaired) electrons. The molecule has 2 aromatic carbocycles. The molecule has 0 aliphatic heterocycles. The van der Waals surface area contributed by atoms with E-state index in [4.69, 9.17) is 0 Å². The van der Waals surface area contributed by atoms with Crippen LogP contribution in [-0.4, -0.2) is 21.8 Å². The van der Waals surface area contributed by atoms with Crippen molar-refractivity contribution in [2.45, 2.75) is 43.4 Å². The summed E-state index contributed by atoms with van der Waals surface area (Å²) in [6, 6.07) is 4.26. The SMILES string of the molecule is CC[C@@H]1C[C@](N=O)(C(F)(F)F)C(Nc2cccc3c(=O)[nH]ccc23)c2cc(F)c(F)c(O)c21. The van der Waals surface area contributed by atoms with E-state index in [9.17, 15) is 36.8 Å². The number of aromatic nitrogens is 1. The van der Waals surface area contributed by atoms with Gasteiger partial charge in [-0.1, -0.05) is 18.2 Å². The van der Waals surface area contributed by atoms with Crippen LogP contribution in [0.5, 0.6) is 5.75 Å². The Morgan fingerprint density at radius 3 is 2.61 bits per heavy atom. The van der Waals surface area contributed by atoms with Crippen LogP contribution in [0.4, 0.5) is 27.6 Å². The minimum atomic E-state index is -5.17. The summed E-state index contributed by atoms with van der Waals surface area (Å²) in [6.45, 7) is 1.51. The smallest absolute Gasteiger partial charge is 0.419 e. The summed E-state index contributed by atoms with van der Waals surface area (Å²) in [5, 5.41) is 15.8. The number of nitroso groups, excluding NO2 is 1. The number of fused-ring (bicyclic) bond motifs is 2. The number of pyridine rings is 1. The third-order valence-corrected chi connectivity index (χ3v) is 6.28. The molecule has 6 nitrogen and oxygen atoms in total. The highest BCUT2D eigenvalue weighted by atomic mass is 19.4. The van der Waals surface area contributed by atoms with E-state index in [0.717, 1.165) is 0 Å². The summed E-state index contributed by atoms with van der Waals surface area (Å²) in [5.41, 5.74) is -4.34. The van der Waals surface area contributed by atoms with E-state index in [1.165, 1.54) is 37.4 Å². The van der Waals surface area contributed by atoms with Gasteiger partial charge in [-0.3, -0.25) is 4.79 Å². The van der Waals surface area contributed by atoms with Crippen LogP contribution in [0.1, 0.15) is 42.9 Å². The van der Waals surface area contributed by atoms with Gasteiger partial charge in [-0.25, -0.2) is 4.39 Å². The molecule has 0 fully saturated rings. The number of rotatable bonds is 4. The molecule has 1 unspecified atom stereocenters. The van der Waals surface area contributed by atoms with Gasteiger partial charge in [-0.2, -0.15) is 17.6 Å². The van der Waals surface area contributed by atoms with E-state index >= 15 is 0 Å². The molecule has 1 aromatic heterocycles. The first-order valence-corrected chi connectivity index (χ1v) is 10.0. The predicted molar refractivity (Wildman–Crippen MR) is 111 cm³/mol. The number of H-pyrrole nitrogens is 1. The summed E-state index contributed by atoms with van der Waals surface area (Å²) < 4.78 is 71.6. The van der Waals surface area contributed by atoms with Crippen LogP contribution < -0.4 is 10.9 Å². The van der Waals surface area contributed by atoms with Gasteiger partial charge in [-0.15, -0.1) is 4.91 Å². The minimum absolute atomic E-state index is 0.00927. The molecule has 174 valence electrons. The van der Waals surface area contributed by atoms with Gasteiger partial charge in [-0.05, 0) is 48.6 Å². The third-order valence-electron chi connectivity index (χ3n) is 6.28. The Kier molecular flexibility index (Phi) is 5.38. The average Bonchev–Trinajstić information content (AvgIpc) is 2.77. The second kappa shape index (κ2) is 7.82. The van der Waals surface area contributed by atoms with Gasteiger partial charge in [0.25, 0.3) is 5.56 Å². The second-order valence-corrected chi connectivity index (χ2v) is 8.00. The highest BCUT2D eigenvalue weighted by molar-refractivity contribution is 5.93. The topological polar surface area (TPSA) is 94.5 Å². The number of alkyl halides is 3. The van der Waals surface area contributed by atoms with E-state index < -0.39 is 58.6 Å². The number of phenolic OH excluding ortho intramolecular Hbond substituents is 1. The molecule has 11 heteroatoms. The molecule has 3 atom stereocenters. The van der Waals surface area contributed by atoms with Crippen LogP contribution in [0.15, 0.2) is 46.5 Å². The Hall–Kier alpha value is -3.50. The number of nitrogens with zero attached hydrogens (tertiary/aromatic N) is 1. The molecule has 1 aliphatic carbocycles. The molecule has 1 heterocycles. The Morgan fingerprint density at radius 1 is 1.24 bits per heavy atom. The zero-order valence-corrected chi connectivity index (χ0v) is 17.1. The van der Waals surface area contributed by atoms with Crippen molar-refractivity contribution < 1.29 is 27.1 Å². The van der Waals surface area contributed by atoms with E-state index in [1.807, 2.05) is 0 Å². The number of hydrogen-bond donors (Lipinski definition) is 3. The lowest BCUT2D eigenvalue weighted by molar-refractivity contribution is -0.195. The van der Waals surface area contributed by atoms with Crippen LogP contribution in [0.2, 0.25) is 0 Å². The maximum atomic E-state index is 14.4. The van der Waals surface area contributed by atoms with Crippen molar-refractivity contribution in [3.8, 4) is 5.75 Å². The minimum Gasteiger partial charge on any atom is -0.505 e. The summed E-state index contributed by atoms with van der Waals surface area (Å²) in [5.74, 6) is -5.35. The molecule has 0 amide bonds. The lowest BCUT2D eigenvalue weighted by Gasteiger charge is -2.44. The van der Waals surface area contributed by atoms with Crippen molar-refractivity contribution in [3.05, 3.63) is 74.6 Å². The van der Waals surface area contributed by atoms with Gasteiger partial charge in [0.2, 0.25) is 11.4 Å². The van der Waals surface area contributed by atoms with E-state index in [1.54, 1.807) is 0 Å². The number of anilines is 1. The molecule has 33 heavy (non-hydrogen) atoms. The summed E-state index contributed by atoms with van der Waals surface area (Å²) in [4.78, 5) is 26.4. The van der Waals surface area contributed by atoms with E-state index in [2.05, 4.69) is 15.5 Å². The van der Waals surface area contributed by atoms with Crippen LogP contribution >= 0.6 is 0 Å². The van der Waals surface area contributed by atoms with Crippen molar-refractivity contribution in [2.24, 2.45) is 5.18 Å². The number of nitrogens with one attached hydrogen (secondary N) is 2. The zero-order valence-electron chi connectivity index (χ0n) is 17.1. The molecule has 0 bridgehead atoms. The Labute approximate surface area is 183 Å². The van der Waals surface area contributed by atoms with Gasteiger partial charge < -0.3 is 15.4 Å². The van der Waals surface area contributed by atoms with Gasteiger partial charge >= 0.3 is 6.18 Å². The molecule has 0 saturated heterocycles. The highest BCUT2D eigenvalue weighted by Gasteiger charge is 2.65. The fourth-order valence-corrected chi connectivity index (χ4v) is 4.64. The first-order valence-electron chi connectivity index (χ1n) is 10.0.